The summed E-state index contributed by atoms with van der Waals surface area (Å²) in [4.78, 5) is 23.2. The van der Waals surface area contributed by atoms with Crippen molar-refractivity contribution < 1.29 is 47.5 Å². The van der Waals surface area contributed by atoms with Gasteiger partial charge in [-0.15, -0.1) is 0 Å². The summed E-state index contributed by atoms with van der Waals surface area (Å²) in [6.07, 6.45) is 5.29. The lowest BCUT2D eigenvalue weighted by molar-refractivity contribution is 0.0376. The number of hydrogen-bond acceptors (Lipinski definition) is 10. The Morgan fingerprint density at radius 2 is 0.800 bits per heavy atom. The molecule has 0 atom stereocenters. The molecule has 1 fully saturated rings. The first-order valence-corrected chi connectivity index (χ1v) is 12.8. The molecule has 10 nitrogen and oxygen atoms in total. The second-order valence-electron chi connectivity index (χ2n) is 8.62. The van der Waals surface area contributed by atoms with Gasteiger partial charge >= 0.3 is 11.9 Å². The predicted molar refractivity (Wildman–Crippen MR) is 157 cm³/mol. The summed E-state index contributed by atoms with van der Waals surface area (Å²) >= 11 is 0. The van der Waals surface area contributed by atoms with E-state index < -0.39 is 11.9 Å². The molecule has 0 aromatic heterocycles. The fourth-order valence-electron chi connectivity index (χ4n) is 3.55. The van der Waals surface area contributed by atoms with Crippen LogP contribution in [0, 0.1) is 11.8 Å². The zero-order chi connectivity index (χ0) is 28.4. The van der Waals surface area contributed by atoms with E-state index in [1.54, 1.807) is 28.4 Å². The van der Waals surface area contributed by atoms with Gasteiger partial charge in [0.1, 0.15) is 13.2 Å². The molecule has 2 rings (SSSR count). The summed E-state index contributed by atoms with van der Waals surface area (Å²) in [6.45, 7) is 4.34. The quantitative estimate of drug-likeness (QED) is 0.211. The van der Waals surface area contributed by atoms with Crippen molar-refractivity contribution >= 4 is 11.9 Å². The number of esters is 2. The van der Waals surface area contributed by atoms with Gasteiger partial charge in [0.2, 0.25) is 0 Å². The van der Waals surface area contributed by atoms with E-state index in [0.717, 1.165) is 25.0 Å². The molecule has 0 amide bonds. The summed E-state index contributed by atoms with van der Waals surface area (Å²) in [7, 11) is 9.94. The monoisotopic (exact) mass is 576 g/mol. The minimum absolute atomic E-state index is 0. The summed E-state index contributed by atoms with van der Waals surface area (Å²) < 4.78 is 39.1. The lowest BCUT2D eigenvalue weighted by Crippen LogP contribution is -2.20. The minimum Gasteiger partial charge on any atom is -0.460 e. The SMILES string of the molecule is C.C.COCC1CCC(COC)CC1.COCCOC.COCCOC(=O)c1ccc(C(=O)OCCOC)cc1. The van der Waals surface area contributed by atoms with Crippen LogP contribution in [0.3, 0.4) is 0 Å². The standard InChI is InChI=1S/C14H18O6.C10H20O2.C4H10O2.2CH4/c1-17-7-9-19-13(15)11-3-5-12(6-4-11)14(16)20-10-8-18-2;1-11-7-9-3-5-10(6-4-9)8-12-2;1-5-3-4-6-2;;/h3-6H,7-10H2,1-2H3;9-10H,3-8H2,1-2H3;3-4H2,1-2H3;2*1H4. The van der Waals surface area contributed by atoms with Crippen molar-refractivity contribution in [3.8, 4) is 0 Å². The fraction of sp³-hybridized carbons (Fsp3) is 0.733. The molecular formula is C30H56O10. The van der Waals surface area contributed by atoms with E-state index in [9.17, 15) is 9.59 Å². The van der Waals surface area contributed by atoms with Crippen molar-refractivity contribution in [2.45, 2.75) is 40.5 Å². The average Bonchev–Trinajstić information content (AvgIpc) is 2.94. The van der Waals surface area contributed by atoms with Gasteiger partial charge in [0.05, 0.1) is 37.6 Å². The second-order valence-corrected chi connectivity index (χ2v) is 8.62. The Morgan fingerprint density at radius 1 is 0.525 bits per heavy atom. The van der Waals surface area contributed by atoms with E-state index in [2.05, 4.69) is 9.47 Å². The van der Waals surface area contributed by atoms with E-state index in [1.807, 2.05) is 0 Å². The highest BCUT2D eigenvalue weighted by atomic mass is 16.6. The van der Waals surface area contributed by atoms with Gasteiger partial charge in [0.15, 0.2) is 0 Å². The van der Waals surface area contributed by atoms with Gasteiger partial charge in [0.25, 0.3) is 0 Å². The van der Waals surface area contributed by atoms with E-state index >= 15 is 0 Å². The number of hydrogen-bond donors (Lipinski definition) is 0. The van der Waals surface area contributed by atoms with Crippen LogP contribution < -0.4 is 0 Å². The molecule has 0 bridgehead atoms. The van der Waals surface area contributed by atoms with Crippen molar-refractivity contribution in [1.82, 2.24) is 0 Å². The molecule has 1 saturated carbocycles. The number of carbonyl (C=O) groups excluding carboxylic acids is 2. The molecule has 0 unspecified atom stereocenters. The molecule has 1 aliphatic rings. The third kappa shape index (κ3) is 21.7. The molecule has 0 radical (unpaired) electrons. The Bertz CT molecular complexity index is 629. The highest BCUT2D eigenvalue weighted by molar-refractivity contribution is 5.93. The first-order chi connectivity index (χ1) is 18.5. The lowest BCUT2D eigenvalue weighted by Gasteiger charge is -2.27. The normalized spacial score (nSPS) is 15.6. The Kier molecular flexibility index (Phi) is 31.7. The fourth-order valence-corrected chi connectivity index (χ4v) is 3.55. The number of methoxy groups -OCH3 is 6. The average molecular weight is 577 g/mol. The van der Waals surface area contributed by atoms with Crippen LogP contribution in [0.15, 0.2) is 24.3 Å². The number of ether oxygens (including phenoxy) is 8. The zero-order valence-electron chi connectivity index (χ0n) is 24.0. The van der Waals surface area contributed by atoms with Crippen LogP contribution in [0.25, 0.3) is 0 Å². The smallest absolute Gasteiger partial charge is 0.338 e. The molecular weight excluding hydrogens is 520 g/mol. The van der Waals surface area contributed by atoms with Crippen LogP contribution in [-0.2, 0) is 37.9 Å². The summed E-state index contributed by atoms with van der Waals surface area (Å²) in [5, 5.41) is 0. The Labute approximate surface area is 242 Å². The van der Waals surface area contributed by atoms with Gasteiger partial charge < -0.3 is 37.9 Å². The van der Waals surface area contributed by atoms with Gasteiger partial charge in [-0.3, -0.25) is 0 Å². The van der Waals surface area contributed by atoms with E-state index in [4.69, 9.17) is 28.4 Å². The van der Waals surface area contributed by atoms with Crippen molar-refractivity contribution in [3.63, 3.8) is 0 Å². The van der Waals surface area contributed by atoms with Gasteiger partial charge in [-0.2, -0.15) is 0 Å². The maximum atomic E-state index is 11.6. The lowest BCUT2D eigenvalue weighted by atomic mass is 9.83. The molecule has 236 valence electrons. The molecule has 0 heterocycles. The van der Waals surface area contributed by atoms with Gasteiger partial charge in [-0.25, -0.2) is 9.59 Å². The topological polar surface area (TPSA) is 108 Å². The Morgan fingerprint density at radius 3 is 1.05 bits per heavy atom. The van der Waals surface area contributed by atoms with Crippen LogP contribution >= 0.6 is 0 Å². The van der Waals surface area contributed by atoms with Gasteiger partial charge in [-0.1, -0.05) is 14.9 Å². The molecule has 1 aliphatic carbocycles. The minimum atomic E-state index is -0.457. The molecule has 1 aromatic rings. The Hall–Kier alpha value is -2.08. The van der Waals surface area contributed by atoms with Crippen LogP contribution in [0.1, 0.15) is 61.3 Å². The second kappa shape index (κ2) is 29.9. The maximum Gasteiger partial charge on any atom is 0.338 e. The highest BCUT2D eigenvalue weighted by Gasteiger charge is 2.20. The zero-order valence-corrected chi connectivity index (χ0v) is 24.0. The Balaban J connectivity index is -0.000000583. The highest BCUT2D eigenvalue weighted by Crippen LogP contribution is 2.28. The summed E-state index contributed by atoms with van der Waals surface area (Å²) in [5.41, 5.74) is 0.740. The van der Waals surface area contributed by atoms with Crippen LogP contribution in [-0.4, -0.2) is 107 Å². The molecule has 10 heteroatoms. The molecule has 40 heavy (non-hydrogen) atoms. The van der Waals surface area contributed by atoms with Crippen molar-refractivity contribution in [1.29, 1.82) is 0 Å². The first kappa shape index (κ1) is 42.4. The van der Waals surface area contributed by atoms with E-state index in [1.165, 1.54) is 64.2 Å². The van der Waals surface area contributed by atoms with Gasteiger partial charge in [-0.05, 0) is 61.8 Å². The molecule has 0 saturated heterocycles. The van der Waals surface area contributed by atoms with Crippen molar-refractivity contribution in [3.05, 3.63) is 35.4 Å². The van der Waals surface area contributed by atoms with Crippen molar-refractivity contribution in [2.75, 3.05) is 95.5 Å². The maximum absolute atomic E-state index is 11.6. The number of benzene rings is 1. The third-order valence-corrected chi connectivity index (χ3v) is 5.66. The molecule has 0 aliphatic heterocycles. The summed E-state index contributed by atoms with van der Waals surface area (Å²) in [5.74, 6) is 0.703. The molecule has 0 N–H and O–H groups in total. The van der Waals surface area contributed by atoms with Crippen LogP contribution in [0.2, 0.25) is 0 Å². The number of rotatable bonds is 15. The predicted octanol–water partition coefficient (Wildman–Crippen LogP) is 4.93. The van der Waals surface area contributed by atoms with E-state index in [0.29, 0.717) is 37.6 Å². The largest absolute Gasteiger partial charge is 0.460 e. The molecule has 0 spiro atoms. The first-order valence-electron chi connectivity index (χ1n) is 12.8. The number of carbonyl (C=O) groups is 2. The van der Waals surface area contributed by atoms with Crippen molar-refractivity contribution in [2.24, 2.45) is 11.8 Å². The van der Waals surface area contributed by atoms with Crippen LogP contribution in [0.5, 0.6) is 0 Å². The van der Waals surface area contributed by atoms with Crippen LogP contribution in [0.4, 0.5) is 0 Å². The third-order valence-electron chi connectivity index (χ3n) is 5.66. The van der Waals surface area contributed by atoms with Gasteiger partial charge in [0, 0.05) is 55.9 Å². The van der Waals surface area contributed by atoms with E-state index in [-0.39, 0.29) is 28.1 Å². The summed E-state index contributed by atoms with van der Waals surface area (Å²) in [6, 6.07) is 6.06. The molecule has 1 aromatic carbocycles.